The summed E-state index contributed by atoms with van der Waals surface area (Å²) in [6, 6.07) is 6.95. The molecule has 0 amide bonds. The molecule has 0 atom stereocenters. The SMILES string of the molecule is Nc1cnccc1N(Cc1cccs1)C1CC1. The maximum absolute atomic E-state index is 6.02. The van der Waals surface area contributed by atoms with E-state index in [0.29, 0.717) is 6.04 Å². The van der Waals surface area contributed by atoms with Crippen LogP contribution >= 0.6 is 11.3 Å². The number of nitrogens with two attached hydrogens (primary N) is 1. The number of rotatable bonds is 4. The van der Waals surface area contributed by atoms with Gasteiger partial charge in [0.1, 0.15) is 0 Å². The minimum atomic E-state index is 0.654. The van der Waals surface area contributed by atoms with Gasteiger partial charge in [-0.3, -0.25) is 4.98 Å². The summed E-state index contributed by atoms with van der Waals surface area (Å²) in [7, 11) is 0. The van der Waals surface area contributed by atoms with E-state index in [1.165, 1.54) is 17.7 Å². The van der Waals surface area contributed by atoms with Gasteiger partial charge in [0, 0.05) is 17.1 Å². The third kappa shape index (κ3) is 2.26. The first-order valence-electron chi connectivity index (χ1n) is 5.83. The molecule has 0 aromatic carbocycles. The number of thiophene rings is 1. The molecule has 1 aliphatic rings. The lowest BCUT2D eigenvalue weighted by molar-refractivity contribution is 0.804. The van der Waals surface area contributed by atoms with Crippen LogP contribution in [0.25, 0.3) is 0 Å². The molecule has 1 saturated carbocycles. The van der Waals surface area contributed by atoms with Crippen molar-refractivity contribution in [2.24, 2.45) is 0 Å². The average Bonchev–Trinajstić information content (AvgIpc) is 3.05. The van der Waals surface area contributed by atoms with Crippen molar-refractivity contribution in [1.29, 1.82) is 0 Å². The Morgan fingerprint density at radius 3 is 2.94 bits per heavy atom. The van der Waals surface area contributed by atoms with Crippen LogP contribution in [0.5, 0.6) is 0 Å². The number of anilines is 2. The normalized spacial score (nSPS) is 14.8. The zero-order valence-electron chi connectivity index (χ0n) is 9.54. The summed E-state index contributed by atoms with van der Waals surface area (Å²) in [5, 5.41) is 2.12. The van der Waals surface area contributed by atoms with Gasteiger partial charge in [-0.1, -0.05) is 6.07 Å². The quantitative estimate of drug-likeness (QED) is 0.900. The zero-order valence-corrected chi connectivity index (χ0v) is 10.4. The number of aromatic nitrogens is 1. The van der Waals surface area contributed by atoms with E-state index in [9.17, 15) is 0 Å². The second-order valence-electron chi connectivity index (χ2n) is 4.37. The molecule has 0 unspecified atom stereocenters. The van der Waals surface area contributed by atoms with Gasteiger partial charge in [-0.15, -0.1) is 11.3 Å². The highest BCUT2D eigenvalue weighted by Gasteiger charge is 2.30. The van der Waals surface area contributed by atoms with Crippen molar-refractivity contribution in [3.8, 4) is 0 Å². The van der Waals surface area contributed by atoms with Crippen molar-refractivity contribution < 1.29 is 0 Å². The van der Waals surface area contributed by atoms with Gasteiger partial charge in [-0.2, -0.15) is 0 Å². The van der Waals surface area contributed by atoms with Crippen molar-refractivity contribution in [2.75, 3.05) is 10.6 Å². The van der Waals surface area contributed by atoms with Crippen LogP contribution < -0.4 is 10.6 Å². The fraction of sp³-hybridized carbons (Fsp3) is 0.308. The van der Waals surface area contributed by atoms with E-state index in [1.54, 1.807) is 17.5 Å². The van der Waals surface area contributed by atoms with Crippen LogP contribution in [0.2, 0.25) is 0 Å². The molecule has 2 N–H and O–H groups in total. The average molecular weight is 245 g/mol. The van der Waals surface area contributed by atoms with Crippen molar-refractivity contribution in [3.63, 3.8) is 0 Å². The molecule has 88 valence electrons. The Bertz CT molecular complexity index is 491. The second-order valence-corrected chi connectivity index (χ2v) is 5.41. The first kappa shape index (κ1) is 10.6. The van der Waals surface area contributed by atoms with Crippen LogP contribution in [0.3, 0.4) is 0 Å². The van der Waals surface area contributed by atoms with E-state index in [-0.39, 0.29) is 0 Å². The molecular formula is C13H15N3S. The number of hydrogen-bond donors (Lipinski definition) is 1. The molecule has 3 nitrogen and oxygen atoms in total. The monoisotopic (exact) mass is 245 g/mol. The second kappa shape index (κ2) is 4.37. The lowest BCUT2D eigenvalue weighted by Gasteiger charge is -2.25. The Hall–Kier alpha value is -1.55. The van der Waals surface area contributed by atoms with Crippen LogP contribution in [-0.4, -0.2) is 11.0 Å². The third-order valence-corrected chi connectivity index (χ3v) is 3.89. The summed E-state index contributed by atoms with van der Waals surface area (Å²) in [6.07, 6.45) is 6.09. The summed E-state index contributed by atoms with van der Waals surface area (Å²) >= 11 is 1.80. The molecule has 0 bridgehead atoms. The predicted octanol–water partition coefficient (Wildman–Crippen LogP) is 2.89. The number of pyridine rings is 1. The Morgan fingerprint density at radius 1 is 1.41 bits per heavy atom. The highest BCUT2D eigenvalue weighted by Crippen LogP contribution is 2.35. The van der Waals surface area contributed by atoms with Gasteiger partial charge < -0.3 is 10.6 Å². The fourth-order valence-electron chi connectivity index (χ4n) is 2.03. The molecule has 0 saturated heterocycles. The van der Waals surface area contributed by atoms with Crippen LogP contribution in [0.1, 0.15) is 17.7 Å². The molecule has 2 aromatic rings. The number of nitrogens with zero attached hydrogens (tertiary/aromatic N) is 2. The molecule has 2 aromatic heterocycles. The highest BCUT2D eigenvalue weighted by atomic mass is 32.1. The van der Waals surface area contributed by atoms with Gasteiger partial charge in [0.25, 0.3) is 0 Å². The predicted molar refractivity (Wildman–Crippen MR) is 72.2 cm³/mol. The summed E-state index contributed by atoms with van der Waals surface area (Å²) < 4.78 is 0. The minimum Gasteiger partial charge on any atom is -0.396 e. The van der Waals surface area contributed by atoms with Crippen molar-refractivity contribution in [1.82, 2.24) is 4.98 Å². The van der Waals surface area contributed by atoms with Crippen LogP contribution in [0, 0.1) is 0 Å². The Kier molecular flexibility index (Phi) is 2.73. The highest BCUT2D eigenvalue weighted by molar-refractivity contribution is 7.09. The Labute approximate surface area is 105 Å². The maximum atomic E-state index is 6.02. The molecule has 17 heavy (non-hydrogen) atoms. The van der Waals surface area contributed by atoms with E-state index in [0.717, 1.165) is 17.9 Å². The van der Waals surface area contributed by atoms with Crippen molar-refractivity contribution in [2.45, 2.75) is 25.4 Å². The first-order chi connectivity index (χ1) is 8.34. The summed E-state index contributed by atoms with van der Waals surface area (Å²) in [5.74, 6) is 0. The summed E-state index contributed by atoms with van der Waals surface area (Å²) in [4.78, 5) is 7.84. The molecule has 0 aliphatic heterocycles. The number of hydrogen-bond acceptors (Lipinski definition) is 4. The van der Waals surface area contributed by atoms with Gasteiger partial charge in [-0.05, 0) is 30.4 Å². The third-order valence-electron chi connectivity index (χ3n) is 3.03. The van der Waals surface area contributed by atoms with Crippen molar-refractivity contribution in [3.05, 3.63) is 40.8 Å². The van der Waals surface area contributed by atoms with E-state index in [1.807, 2.05) is 12.3 Å². The van der Waals surface area contributed by atoms with Gasteiger partial charge in [0.2, 0.25) is 0 Å². The van der Waals surface area contributed by atoms with Gasteiger partial charge in [0.05, 0.1) is 24.1 Å². The maximum Gasteiger partial charge on any atom is 0.0738 e. The molecule has 1 fully saturated rings. The molecule has 0 spiro atoms. The lowest BCUT2D eigenvalue weighted by atomic mass is 10.3. The van der Waals surface area contributed by atoms with Crippen molar-refractivity contribution >= 4 is 22.7 Å². The Morgan fingerprint density at radius 2 is 2.29 bits per heavy atom. The standard InChI is InChI=1S/C13H15N3S/c14-12-8-15-6-5-13(12)16(10-3-4-10)9-11-2-1-7-17-11/h1-2,5-8,10H,3-4,9,14H2. The van der Waals surface area contributed by atoms with Gasteiger partial charge >= 0.3 is 0 Å². The fourth-order valence-corrected chi connectivity index (χ4v) is 2.73. The van der Waals surface area contributed by atoms with E-state index < -0.39 is 0 Å². The summed E-state index contributed by atoms with van der Waals surface area (Å²) in [6.45, 7) is 0.955. The minimum absolute atomic E-state index is 0.654. The zero-order chi connectivity index (χ0) is 11.7. The molecular weight excluding hydrogens is 230 g/mol. The lowest BCUT2D eigenvalue weighted by Crippen LogP contribution is -2.25. The summed E-state index contributed by atoms with van der Waals surface area (Å²) in [5.41, 5.74) is 7.91. The van der Waals surface area contributed by atoms with Gasteiger partial charge in [-0.25, -0.2) is 0 Å². The molecule has 1 aliphatic carbocycles. The first-order valence-corrected chi connectivity index (χ1v) is 6.71. The van der Waals surface area contributed by atoms with Crippen LogP contribution in [0.15, 0.2) is 36.0 Å². The van der Waals surface area contributed by atoms with Gasteiger partial charge in [0.15, 0.2) is 0 Å². The van der Waals surface area contributed by atoms with E-state index in [2.05, 4.69) is 27.4 Å². The topological polar surface area (TPSA) is 42.1 Å². The largest absolute Gasteiger partial charge is 0.396 e. The number of nitrogen functional groups attached to an aromatic ring is 1. The smallest absolute Gasteiger partial charge is 0.0738 e. The van der Waals surface area contributed by atoms with Crippen LogP contribution in [-0.2, 0) is 6.54 Å². The molecule has 4 heteroatoms. The van der Waals surface area contributed by atoms with E-state index in [4.69, 9.17) is 5.73 Å². The van der Waals surface area contributed by atoms with Crippen LogP contribution in [0.4, 0.5) is 11.4 Å². The molecule has 0 radical (unpaired) electrons. The molecule has 3 rings (SSSR count). The molecule has 2 heterocycles. The Balaban J connectivity index is 1.88. The van der Waals surface area contributed by atoms with E-state index >= 15 is 0 Å².